The molecule has 0 unspecified atom stereocenters. The topological polar surface area (TPSA) is 75.2 Å². The van der Waals surface area contributed by atoms with Crippen LogP contribution in [0.2, 0.25) is 0 Å². The highest BCUT2D eigenvalue weighted by Gasteiger charge is 2.28. The van der Waals surface area contributed by atoms with Gasteiger partial charge in [-0.3, -0.25) is 9.59 Å². The summed E-state index contributed by atoms with van der Waals surface area (Å²) in [6, 6.07) is 9.53. The number of amides is 2. The van der Waals surface area contributed by atoms with Crippen molar-refractivity contribution < 1.29 is 9.59 Å². The summed E-state index contributed by atoms with van der Waals surface area (Å²) in [5.41, 5.74) is 2.21. The van der Waals surface area contributed by atoms with Crippen molar-refractivity contribution in [3.8, 4) is 0 Å². The number of benzene rings is 1. The van der Waals surface area contributed by atoms with E-state index in [0.717, 1.165) is 34.2 Å². The largest absolute Gasteiger partial charge is 0.342 e. The molecule has 1 saturated heterocycles. The number of likely N-dealkylation sites (tertiary alicyclic amines) is 1. The quantitative estimate of drug-likeness (QED) is 0.444. The summed E-state index contributed by atoms with van der Waals surface area (Å²) < 4.78 is 0. The van der Waals surface area contributed by atoms with Gasteiger partial charge in [0, 0.05) is 35.0 Å². The van der Waals surface area contributed by atoms with Crippen molar-refractivity contribution >= 4 is 50.8 Å². The Morgan fingerprint density at radius 3 is 2.72 bits per heavy atom. The molecule has 1 aliphatic heterocycles. The van der Waals surface area contributed by atoms with Crippen molar-refractivity contribution in [3.05, 3.63) is 46.6 Å². The second-order valence-corrected chi connectivity index (χ2v) is 10.5. The Hall–Kier alpha value is -2.45. The second-order valence-electron chi connectivity index (χ2n) is 8.41. The number of nitrogens with zero attached hydrogens (tertiary/aromatic N) is 3. The highest BCUT2D eigenvalue weighted by molar-refractivity contribution is 8.00. The fraction of sp³-hybridized carbons (Fsp3) is 0.417. The Labute approximate surface area is 195 Å². The zero-order valence-electron chi connectivity index (χ0n) is 18.1. The van der Waals surface area contributed by atoms with E-state index in [1.807, 2.05) is 42.2 Å². The van der Waals surface area contributed by atoms with Crippen LogP contribution >= 0.6 is 23.1 Å². The lowest BCUT2D eigenvalue weighted by Gasteiger charge is -2.31. The summed E-state index contributed by atoms with van der Waals surface area (Å²) in [5, 5.41) is 5.09. The minimum absolute atomic E-state index is 0.0443. The van der Waals surface area contributed by atoms with Crippen LogP contribution in [0.5, 0.6) is 0 Å². The van der Waals surface area contributed by atoms with Crippen LogP contribution in [0.25, 0.3) is 10.2 Å². The van der Waals surface area contributed by atoms with Gasteiger partial charge in [-0.05, 0) is 56.7 Å². The molecule has 1 fully saturated rings. The lowest BCUT2D eigenvalue weighted by Crippen LogP contribution is -2.42. The fourth-order valence-corrected chi connectivity index (χ4v) is 6.92. The molecule has 3 aromatic rings. The van der Waals surface area contributed by atoms with E-state index in [2.05, 4.69) is 15.3 Å². The van der Waals surface area contributed by atoms with E-state index in [-0.39, 0.29) is 17.7 Å². The Bertz CT molecular complexity index is 1150. The molecule has 2 amide bonds. The van der Waals surface area contributed by atoms with Gasteiger partial charge >= 0.3 is 0 Å². The molecular weight excluding hydrogens is 440 g/mol. The lowest BCUT2D eigenvalue weighted by atomic mass is 9.96. The molecular formula is C24H26N4O2S2. The normalized spacial score (nSPS) is 16.3. The molecule has 0 bridgehead atoms. The first kappa shape index (κ1) is 21.4. The molecule has 0 saturated carbocycles. The summed E-state index contributed by atoms with van der Waals surface area (Å²) in [7, 11) is 0. The number of hydrogen-bond donors (Lipinski definition) is 1. The number of aromatic nitrogens is 2. The van der Waals surface area contributed by atoms with Crippen molar-refractivity contribution in [1.82, 2.24) is 14.9 Å². The number of thiophene rings is 1. The van der Waals surface area contributed by atoms with Gasteiger partial charge < -0.3 is 10.2 Å². The number of aryl methyl sites for hydroxylation is 3. The van der Waals surface area contributed by atoms with Crippen LogP contribution in [0.4, 0.5) is 5.69 Å². The van der Waals surface area contributed by atoms with Crippen LogP contribution in [-0.4, -0.2) is 45.5 Å². The third-order valence-electron chi connectivity index (χ3n) is 6.24. The first-order chi connectivity index (χ1) is 15.6. The van der Waals surface area contributed by atoms with E-state index in [4.69, 9.17) is 0 Å². The lowest BCUT2D eigenvalue weighted by molar-refractivity contribution is -0.132. The van der Waals surface area contributed by atoms with Crippen LogP contribution < -0.4 is 5.32 Å². The Balaban J connectivity index is 1.18. The van der Waals surface area contributed by atoms with Crippen molar-refractivity contribution in [2.75, 3.05) is 24.2 Å². The van der Waals surface area contributed by atoms with Crippen molar-refractivity contribution in [1.29, 1.82) is 0 Å². The summed E-state index contributed by atoms with van der Waals surface area (Å²) in [6.07, 6.45) is 4.81. The highest BCUT2D eigenvalue weighted by atomic mass is 32.2. The van der Waals surface area contributed by atoms with Crippen molar-refractivity contribution in [3.63, 3.8) is 0 Å². The first-order valence-corrected chi connectivity index (χ1v) is 12.9. The van der Waals surface area contributed by atoms with Gasteiger partial charge in [-0.1, -0.05) is 30.0 Å². The Morgan fingerprint density at radius 2 is 1.94 bits per heavy atom. The summed E-state index contributed by atoms with van der Waals surface area (Å²) >= 11 is 3.31. The zero-order chi connectivity index (χ0) is 22.1. The third kappa shape index (κ3) is 4.38. The van der Waals surface area contributed by atoms with Crippen LogP contribution in [0.15, 0.2) is 35.4 Å². The zero-order valence-corrected chi connectivity index (χ0v) is 19.7. The van der Waals surface area contributed by atoms with E-state index in [1.165, 1.54) is 34.0 Å². The molecule has 1 aromatic carbocycles. The number of thioether (sulfide) groups is 1. The third-order valence-corrected chi connectivity index (χ3v) is 8.38. The maximum atomic E-state index is 12.9. The number of carbonyl (C=O) groups excluding carboxylic acids is 2. The van der Waals surface area contributed by atoms with Crippen LogP contribution in [0, 0.1) is 12.8 Å². The van der Waals surface area contributed by atoms with Gasteiger partial charge in [-0.25, -0.2) is 9.97 Å². The molecule has 166 valence electrons. The summed E-state index contributed by atoms with van der Waals surface area (Å²) in [6.45, 7) is 3.16. The van der Waals surface area contributed by atoms with Crippen molar-refractivity contribution in [2.45, 2.75) is 44.1 Å². The molecule has 32 heavy (non-hydrogen) atoms. The molecule has 2 aromatic heterocycles. The molecule has 8 heteroatoms. The maximum absolute atomic E-state index is 12.9. The summed E-state index contributed by atoms with van der Waals surface area (Å²) in [5.74, 6) is 1.25. The molecule has 0 radical (unpaired) electrons. The number of nitrogens with one attached hydrogen (secondary N) is 1. The molecule has 3 heterocycles. The van der Waals surface area contributed by atoms with Gasteiger partial charge in [0.15, 0.2) is 0 Å². The van der Waals surface area contributed by atoms with Gasteiger partial charge in [0.05, 0.1) is 5.75 Å². The van der Waals surface area contributed by atoms with Crippen LogP contribution in [-0.2, 0) is 22.4 Å². The van der Waals surface area contributed by atoms with E-state index >= 15 is 0 Å². The van der Waals surface area contributed by atoms with Crippen LogP contribution in [0.1, 0.15) is 35.5 Å². The van der Waals surface area contributed by atoms with E-state index < -0.39 is 0 Å². The number of fused-ring (bicyclic) bond motifs is 3. The molecule has 5 rings (SSSR count). The fourth-order valence-electron chi connectivity index (χ4n) is 4.55. The minimum atomic E-state index is -0.0514. The smallest absolute Gasteiger partial charge is 0.232 e. The number of carbonyl (C=O) groups is 2. The number of rotatable bonds is 5. The number of hydrogen-bond acceptors (Lipinski definition) is 6. The number of para-hydroxylation sites is 1. The molecule has 6 nitrogen and oxygen atoms in total. The first-order valence-electron chi connectivity index (χ1n) is 11.1. The highest BCUT2D eigenvalue weighted by Crippen LogP contribution is 2.40. The van der Waals surface area contributed by atoms with Gasteiger partial charge in [0.2, 0.25) is 11.8 Å². The monoisotopic (exact) mass is 466 g/mol. The Morgan fingerprint density at radius 1 is 1.16 bits per heavy atom. The molecule has 1 aliphatic carbocycles. The average Bonchev–Trinajstić information content (AvgIpc) is 3.39. The van der Waals surface area contributed by atoms with E-state index in [1.54, 1.807) is 11.3 Å². The Kier molecular flexibility index (Phi) is 6.15. The number of piperidine rings is 1. The van der Waals surface area contributed by atoms with E-state index in [9.17, 15) is 9.59 Å². The SMILES string of the molecule is Cc1nc(SCC(=O)N2CCC(C(=O)Nc3ccccc3)CC2)c2c3c(sc2n1)CCC3. The van der Waals surface area contributed by atoms with Crippen molar-refractivity contribution in [2.24, 2.45) is 5.92 Å². The maximum Gasteiger partial charge on any atom is 0.232 e. The molecule has 0 spiro atoms. The van der Waals surface area contributed by atoms with Gasteiger partial charge in [-0.2, -0.15) is 0 Å². The summed E-state index contributed by atoms with van der Waals surface area (Å²) in [4.78, 5) is 39.1. The van der Waals surface area contributed by atoms with Crippen LogP contribution in [0.3, 0.4) is 0 Å². The predicted molar refractivity (Wildman–Crippen MR) is 129 cm³/mol. The minimum Gasteiger partial charge on any atom is -0.342 e. The number of anilines is 1. The van der Waals surface area contributed by atoms with Gasteiger partial charge in [-0.15, -0.1) is 11.3 Å². The average molecular weight is 467 g/mol. The molecule has 2 aliphatic rings. The van der Waals surface area contributed by atoms with Gasteiger partial charge in [0.25, 0.3) is 0 Å². The second kappa shape index (κ2) is 9.19. The molecule has 1 N–H and O–H groups in total. The van der Waals surface area contributed by atoms with E-state index in [0.29, 0.717) is 31.7 Å². The van der Waals surface area contributed by atoms with Gasteiger partial charge in [0.1, 0.15) is 15.7 Å². The molecule has 0 atom stereocenters. The standard InChI is InChI=1S/C24H26N4O2S2/c1-15-25-23(21-18-8-5-9-19(18)32-24(21)26-15)31-14-20(29)28-12-10-16(11-13-28)22(30)27-17-6-3-2-4-7-17/h2-4,6-7,16H,5,8-14H2,1H3,(H,27,30). The predicted octanol–water partition coefficient (Wildman–Crippen LogP) is 4.46.